The Balaban J connectivity index is 1.71. The van der Waals surface area contributed by atoms with Crippen LogP contribution in [-0.2, 0) is 4.79 Å². The standard InChI is InChI=1S/C22H22N2O2/c1-16(23-18-12-14-19(26-2)15-13-18)22(25)24-21-11-7-6-10-20(21)17-8-4-3-5-9-17/h3-16,23H,1-2H3,(H,24,25)/t16-/m1/s1. The topological polar surface area (TPSA) is 50.4 Å². The molecule has 26 heavy (non-hydrogen) atoms. The maximum atomic E-state index is 12.6. The van der Waals surface area contributed by atoms with Crippen LogP contribution >= 0.6 is 0 Å². The summed E-state index contributed by atoms with van der Waals surface area (Å²) in [6.07, 6.45) is 0. The van der Waals surface area contributed by atoms with Gasteiger partial charge in [-0.3, -0.25) is 4.79 Å². The van der Waals surface area contributed by atoms with Crippen LogP contribution in [0.2, 0.25) is 0 Å². The molecule has 0 aliphatic carbocycles. The summed E-state index contributed by atoms with van der Waals surface area (Å²) in [7, 11) is 1.63. The summed E-state index contributed by atoms with van der Waals surface area (Å²) in [6.45, 7) is 1.84. The first-order chi connectivity index (χ1) is 12.7. The van der Waals surface area contributed by atoms with Crippen molar-refractivity contribution in [2.45, 2.75) is 13.0 Å². The Bertz CT molecular complexity index is 861. The van der Waals surface area contributed by atoms with Crippen molar-refractivity contribution in [3.05, 3.63) is 78.9 Å². The number of carbonyl (C=O) groups is 1. The Labute approximate surface area is 153 Å². The van der Waals surface area contributed by atoms with Crippen LogP contribution in [0.3, 0.4) is 0 Å². The first kappa shape index (κ1) is 17.5. The minimum Gasteiger partial charge on any atom is -0.497 e. The molecule has 1 atom stereocenters. The summed E-state index contributed by atoms with van der Waals surface area (Å²) in [4.78, 5) is 12.6. The van der Waals surface area contributed by atoms with Crippen LogP contribution in [0.1, 0.15) is 6.92 Å². The summed E-state index contributed by atoms with van der Waals surface area (Å²) in [5, 5.41) is 6.23. The van der Waals surface area contributed by atoms with E-state index in [-0.39, 0.29) is 11.9 Å². The summed E-state index contributed by atoms with van der Waals surface area (Å²) in [6, 6.07) is 24.9. The minimum atomic E-state index is -0.382. The third-order valence-electron chi connectivity index (χ3n) is 4.14. The number of rotatable bonds is 6. The van der Waals surface area contributed by atoms with Crippen molar-refractivity contribution in [3.8, 4) is 16.9 Å². The van der Waals surface area contributed by atoms with E-state index in [1.165, 1.54) is 0 Å². The lowest BCUT2D eigenvalue weighted by Crippen LogP contribution is -2.32. The van der Waals surface area contributed by atoms with Gasteiger partial charge in [-0.15, -0.1) is 0 Å². The Morgan fingerprint density at radius 2 is 1.54 bits per heavy atom. The lowest BCUT2D eigenvalue weighted by molar-refractivity contribution is -0.116. The first-order valence-corrected chi connectivity index (χ1v) is 8.53. The molecule has 0 saturated heterocycles. The Morgan fingerprint density at radius 3 is 2.23 bits per heavy atom. The molecule has 2 N–H and O–H groups in total. The molecule has 0 aliphatic heterocycles. The highest BCUT2D eigenvalue weighted by Gasteiger charge is 2.15. The van der Waals surface area contributed by atoms with Crippen molar-refractivity contribution in [3.63, 3.8) is 0 Å². The van der Waals surface area contributed by atoms with Crippen LogP contribution in [0.15, 0.2) is 78.9 Å². The summed E-state index contributed by atoms with van der Waals surface area (Å²) in [5.74, 6) is 0.689. The van der Waals surface area contributed by atoms with Gasteiger partial charge in [-0.05, 0) is 42.8 Å². The summed E-state index contributed by atoms with van der Waals surface area (Å²) in [5.41, 5.74) is 3.73. The number of nitrogens with one attached hydrogen (secondary N) is 2. The fourth-order valence-electron chi connectivity index (χ4n) is 2.71. The molecule has 4 heteroatoms. The molecular formula is C22H22N2O2. The highest BCUT2D eigenvalue weighted by atomic mass is 16.5. The van der Waals surface area contributed by atoms with Crippen LogP contribution in [0.4, 0.5) is 11.4 Å². The number of benzene rings is 3. The maximum absolute atomic E-state index is 12.6. The lowest BCUT2D eigenvalue weighted by atomic mass is 10.0. The van der Waals surface area contributed by atoms with Crippen LogP contribution in [-0.4, -0.2) is 19.1 Å². The van der Waals surface area contributed by atoms with Crippen molar-refractivity contribution in [1.82, 2.24) is 0 Å². The molecule has 0 radical (unpaired) electrons. The molecule has 0 aromatic heterocycles. The zero-order chi connectivity index (χ0) is 18.4. The van der Waals surface area contributed by atoms with Gasteiger partial charge in [-0.1, -0.05) is 48.5 Å². The second-order valence-corrected chi connectivity index (χ2v) is 6.00. The highest BCUT2D eigenvalue weighted by Crippen LogP contribution is 2.27. The molecule has 1 amide bonds. The van der Waals surface area contributed by atoms with E-state index in [0.717, 1.165) is 28.3 Å². The zero-order valence-electron chi connectivity index (χ0n) is 14.9. The van der Waals surface area contributed by atoms with Gasteiger partial charge in [0.05, 0.1) is 7.11 Å². The van der Waals surface area contributed by atoms with Crippen LogP contribution < -0.4 is 15.4 Å². The number of methoxy groups -OCH3 is 1. The molecule has 0 aliphatic rings. The van der Waals surface area contributed by atoms with E-state index >= 15 is 0 Å². The van der Waals surface area contributed by atoms with E-state index in [9.17, 15) is 4.79 Å². The van der Waals surface area contributed by atoms with E-state index in [0.29, 0.717) is 0 Å². The zero-order valence-corrected chi connectivity index (χ0v) is 14.9. The number of ether oxygens (including phenoxy) is 1. The fraction of sp³-hybridized carbons (Fsp3) is 0.136. The second kappa shape index (κ2) is 8.21. The first-order valence-electron chi connectivity index (χ1n) is 8.53. The lowest BCUT2D eigenvalue weighted by Gasteiger charge is -2.17. The summed E-state index contributed by atoms with van der Waals surface area (Å²) < 4.78 is 5.15. The Morgan fingerprint density at radius 1 is 0.885 bits per heavy atom. The number of anilines is 2. The molecule has 0 spiro atoms. The maximum Gasteiger partial charge on any atom is 0.246 e. The molecule has 4 nitrogen and oxygen atoms in total. The molecule has 132 valence electrons. The average Bonchev–Trinajstić information content (AvgIpc) is 2.69. The van der Waals surface area contributed by atoms with Crippen LogP contribution in [0.25, 0.3) is 11.1 Å². The van der Waals surface area contributed by atoms with Gasteiger partial charge >= 0.3 is 0 Å². The number of carbonyl (C=O) groups excluding carboxylic acids is 1. The smallest absolute Gasteiger partial charge is 0.246 e. The monoisotopic (exact) mass is 346 g/mol. The van der Waals surface area contributed by atoms with Gasteiger partial charge in [-0.2, -0.15) is 0 Å². The van der Waals surface area contributed by atoms with Gasteiger partial charge in [-0.25, -0.2) is 0 Å². The van der Waals surface area contributed by atoms with Gasteiger partial charge in [0, 0.05) is 16.9 Å². The highest BCUT2D eigenvalue weighted by molar-refractivity contribution is 5.99. The largest absolute Gasteiger partial charge is 0.497 e. The predicted octanol–water partition coefficient (Wildman–Crippen LogP) is 4.80. The Hall–Kier alpha value is -3.27. The second-order valence-electron chi connectivity index (χ2n) is 6.00. The molecule has 0 bridgehead atoms. The molecule has 0 fully saturated rings. The summed E-state index contributed by atoms with van der Waals surface area (Å²) >= 11 is 0. The molecule has 3 aromatic rings. The van der Waals surface area contributed by atoms with E-state index in [1.54, 1.807) is 7.11 Å². The molecule has 0 saturated carbocycles. The van der Waals surface area contributed by atoms with Crippen LogP contribution in [0, 0.1) is 0 Å². The molecule has 0 heterocycles. The number of hydrogen-bond donors (Lipinski definition) is 2. The number of para-hydroxylation sites is 1. The van der Waals surface area contributed by atoms with Gasteiger partial charge < -0.3 is 15.4 Å². The van der Waals surface area contributed by atoms with E-state index in [1.807, 2.05) is 85.8 Å². The normalized spacial score (nSPS) is 11.5. The third-order valence-corrected chi connectivity index (χ3v) is 4.14. The van der Waals surface area contributed by atoms with E-state index in [2.05, 4.69) is 10.6 Å². The van der Waals surface area contributed by atoms with Gasteiger partial charge in [0.15, 0.2) is 0 Å². The van der Waals surface area contributed by atoms with Crippen molar-refractivity contribution >= 4 is 17.3 Å². The minimum absolute atomic E-state index is 0.0933. The SMILES string of the molecule is COc1ccc(N[C@H](C)C(=O)Nc2ccccc2-c2ccccc2)cc1. The average molecular weight is 346 g/mol. The molecule has 3 aromatic carbocycles. The molecule has 0 unspecified atom stereocenters. The fourth-order valence-corrected chi connectivity index (χ4v) is 2.71. The van der Waals surface area contributed by atoms with Gasteiger partial charge in [0.25, 0.3) is 0 Å². The third kappa shape index (κ3) is 4.22. The Kier molecular flexibility index (Phi) is 5.54. The van der Waals surface area contributed by atoms with Crippen molar-refractivity contribution in [2.75, 3.05) is 17.7 Å². The number of hydrogen-bond acceptors (Lipinski definition) is 3. The molecular weight excluding hydrogens is 324 g/mol. The number of amides is 1. The van der Waals surface area contributed by atoms with Gasteiger partial charge in [0.1, 0.15) is 11.8 Å². The quantitative estimate of drug-likeness (QED) is 0.674. The van der Waals surface area contributed by atoms with Crippen molar-refractivity contribution in [2.24, 2.45) is 0 Å². The van der Waals surface area contributed by atoms with Crippen molar-refractivity contribution in [1.29, 1.82) is 0 Å². The van der Waals surface area contributed by atoms with E-state index < -0.39 is 0 Å². The molecule has 3 rings (SSSR count). The van der Waals surface area contributed by atoms with E-state index in [4.69, 9.17) is 4.74 Å². The van der Waals surface area contributed by atoms with Crippen LogP contribution in [0.5, 0.6) is 5.75 Å². The van der Waals surface area contributed by atoms with Crippen molar-refractivity contribution < 1.29 is 9.53 Å². The predicted molar refractivity (Wildman–Crippen MR) is 107 cm³/mol. The van der Waals surface area contributed by atoms with Gasteiger partial charge in [0.2, 0.25) is 5.91 Å².